The van der Waals surface area contributed by atoms with Gasteiger partial charge in [-0.05, 0) is 35.8 Å². The Labute approximate surface area is 169 Å². The van der Waals surface area contributed by atoms with Gasteiger partial charge in [-0.25, -0.2) is 0 Å². The Morgan fingerprint density at radius 1 is 1.18 bits per heavy atom. The predicted molar refractivity (Wildman–Crippen MR) is 113 cm³/mol. The normalized spacial score (nSPS) is 14.9. The molecular weight excluding hydrogens is 372 g/mol. The van der Waals surface area contributed by atoms with E-state index in [-0.39, 0.29) is 18.4 Å². The first-order valence-electron chi connectivity index (χ1n) is 9.27. The first-order chi connectivity index (χ1) is 13.6. The van der Waals surface area contributed by atoms with Crippen LogP contribution in [-0.2, 0) is 20.7 Å². The second-order valence-electron chi connectivity index (χ2n) is 6.41. The number of thioether (sulfide) groups is 1. The molecule has 0 atom stereocenters. The maximum Gasteiger partial charge on any atom is 0.265 e. The van der Waals surface area contributed by atoms with Crippen LogP contribution in [0.2, 0.25) is 0 Å². The van der Waals surface area contributed by atoms with Crippen molar-refractivity contribution in [2.45, 2.75) is 18.2 Å². The van der Waals surface area contributed by atoms with E-state index >= 15 is 0 Å². The number of benzene rings is 2. The van der Waals surface area contributed by atoms with E-state index in [0.29, 0.717) is 18.1 Å². The molecule has 5 nitrogen and oxygen atoms in total. The summed E-state index contributed by atoms with van der Waals surface area (Å²) >= 11 is 1.44. The molecule has 0 radical (unpaired) electrons. The van der Waals surface area contributed by atoms with Gasteiger partial charge in [0.25, 0.3) is 5.91 Å². The molecule has 2 aromatic rings. The number of nitrogens with one attached hydrogen (secondary N) is 1. The largest absolute Gasteiger partial charge is 0.383 e. The lowest BCUT2D eigenvalue weighted by Crippen LogP contribution is -2.43. The number of hydrogen-bond acceptors (Lipinski definition) is 4. The zero-order valence-corrected chi connectivity index (χ0v) is 16.9. The summed E-state index contributed by atoms with van der Waals surface area (Å²) in [5.41, 5.74) is 2.99. The van der Waals surface area contributed by atoms with Gasteiger partial charge in [0.2, 0.25) is 5.91 Å². The molecule has 0 spiro atoms. The van der Waals surface area contributed by atoms with Crippen LogP contribution in [0.15, 0.2) is 58.3 Å². The number of amides is 2. The number of carbonyl (C=O) groups excluding carboxylic acids is 2. The highest BCUT2D eigenvalue weighted by Gasteiger charge is 2.30. The van der Waals surface area contributed by atoms with Crippen LogP contribution in [0.5, 0.6) is 0 Å². The van der Waals surface area contributed by atoms with Crippen LogP contribution in [0.25, 0.3) is 6.08 Å². The second kappa shape index (κ2) is 9.57. The van der Waals surface area contributed by atoms with E-state index in [2.05, 4.69) is 24.4 Å². The molecule has 0 saturated heterocycles. The van der Waals surface area contributed by atoms with E-state index in [4.69, 9.17) is 4.74 Å². The zero-order valence-electron chi connectivity index (χ0n) is 16.1. The Bertz CT molecular complexity index is 878. The topological polar surface area (TPSA) is 58.6 Å². The third-order valence-corrected chi connectivity index (χ3v) is 5.53. The van der Waals surface area contributed by atoms with E-state index in [1.165, 1.54) is 17.3 Å². The van der Waals surface area contributed by atoms with Gasteiger partial charge in [0.05, 0.1) is 17.2 Å². The standard InChI is InChI=1S/C22H24N2O3S/c1-3-16-8-10-17(11-9-16)14-20-22(26)24(15-21(25)23-12-13-27-2)18-6-4-5-7-19(18)28-20/h4-11,14H,3,12-13,15H2,1-2H3,(H,23,25). The molecule has 28 heavy (non-hydrogen) atoms. The molecule has 6 heteroatoms. The van der Waals surface area contributed by atoms with Crippen molar-refractivity contribution in [3.63, 3.8) is 0 Å². The molecular formula is C22H24N2O3S. The smallest absolute Gasteiger partial charge is 0.265 e. The highest BCUT2D eigenvalue weighted by molar-refractivity contribution is 8.04. The van der Waals surface area contributed by atoms with Crippen molar-refractivity contribution in [3.8, 4) is 0 Å². The maximum atomic E-state index is 13.1. The lowest BCUT2D eigenvalue weighted by molar-refractivity contribution is -0.122. The minimum Gasteiger partial charge on any atom is -0.383 e. The van der Waals surface area contributed by atoms with Crippen LogP contribution in [0.3, 0.4) is 0 Å². The molecule has 1 aliphatic rings. The van der Waals surface area contributed by atoms with E-state index in [1.54, 1.807) is 12.0 Å². The fourth-order valence-electron chi connectivity index (χ4n) is 2.91. The van der Waals surface area contributed by atoms with Crippen LogP contribution < -0.4 is 10.2 Å². The van der Waals surface area contributed by atoms with Gasteiger partial charge in [-0.2, -0.15) is 0 Å². The van der Waals surface area contributed by atoms with Gasteiger partial charge in [0.1, 0.15) is 6.54 Å². The number of ether oxygens (including phenoxy) is 1. The molecule has 2 aromatic carbocycles. The van der Waals surface area contributed by atoms with Crippen LogP contribution in [-0.4, -0.2) is 38.6 Å². The molecule has 0 aromatic heterocycles. The van der Waals surface area contributed by atoms with Crippen LogP contribution >= 0.6 is 11.8 Å². The number of hydrogen-bond donors (Lipinski definition) is 1. The molecule has 0 unspecified atom stereocenters. The van der Waals surface area contributed by atoms with Crippen molar-refractivity contribution in [2.75, 3.05) is 31.7 Å². The van der Waals surface area contributed by atoms with Crippen molar-refractivity contribution in [2.24, 2.45) is 0 Å². The molecule has 0 bridgehead atoms. The summed E-state index contributed by atoms with van der Waals surface area (Å²) in [5.74, 6) is -0.371. The summed E-state index contributed by atoms with van der Waals surface area (Å²) in [6.07, 6.45) is 2.86. The molecule has 0 fully saturated rings. The van der Waals surface area contributed by atoms with Crippen LogP contribution in [0.4, 0.5) is 5.69 Å². The summed E-state index contributed by atoms with van der Waals surface area (Å²) in [4.78, 5) is 28.5. The third kappa shape index (κ3) is 4.82. The number of rotatable bonds is 7. The molecule has 0 saturated carbocycles. The second-order valence-corrected chi connectivity index (χ2v) is 7.49. The van der Waals surface area contributed by atoms with Crippen molar-refractivity contribution >= 4 is 35.3 Å². The summed E-state index contributed by atoms with van der Waals surface area (Å²) in [7, 11) is 1.58. The Balaban J connectivity index is 1.85. The number of anilines is 1. The number of para-hydroxylation sites is 1. The van der Waals surface area contributed by atoms with Gasteiger partial charge >= 0.3 is 0 Å². The molecule has 0 aliphatic carbocycles. The lowest BCUT2D eigenvalue weighted by atomic mass is 10.1. The highest BCUT2D eigenvalue weighted by atomic mass is 32.2. The average Bonchev–Trinajstić information content (AvgIpc) is 2.72. The van der Waals surface area contributed by atoms with Gasteiger partial charge in [-0.1, -0.05) is 55.1 Å². The van der Waals surface area contributed by atoms with E-state index < -0.39 is 0 Å². The lowest BCUT2D eigenvalue weighted by Gasteiger charge is -2.29. The molecule has 1 aliphatic heterocycles. The molecule has 1 heterocycles. The highest BCUT2D eigenvalue weighted by Crippen LogP contribution is 2.41. The van der Waals surface area contributed by atoms with Crippen molar-refractivity contribution in [1.82, 2.24) is 5.32 Å². The molecule has 1 N–H and O–H groups in total. The number of nitrogens with zero attached hydrogens (tertiary/aromatic N) is 1. The monoisotopic (exact) mass is 396 g/mol. The maximum absolute atomic E-state index is 13.1. The van der Waals surface area contributed by atoms with Gasteiger partial charge in [0.15, 0.2) is 0 Å². The SMILES string of the molecule is CCc1ccc(C=C2Sc3ccccc3N(CC(=O)NCCOC)C2=O)cc1. The predicted octanol–water partition coefficient (Wildman–Crippen LogP) is 3.49. The summed E-state index contributed by atoms with van der Waals surface area (Å²) in [5, 5.41) is 2.78. The summed E-state index contributed by atoms with van der Waals surface area (Å²) in [6, 6.07) is 15.8. The van der Waals surface area contributed by atoms with E-state index in [0.717, 1.165) is 22.6 Å². The van der Waals surface area contributed by atoms with Crippen molar-refractivity contribution < 1.29 is 14.3 Å². The zero-order chi connectivity index (χ0) is 19.9. The first kappa shape index (κ1) is 20.2. The molecule has 146 valence electrons. The molecule has 3 rings (SSSR count). The quantitative estimate of drug-likeness (QED) is 0.575. The van der Waals surface area contributed by atoms with Crippen molar-refractivity contribution in [1.29, 1.82) is 0 Å². The molecule has 2 amide bonds. The van der Waals surface area contributed by atoms with E-state index in [9.17, 15) is 9.59 Å². The van der Waals surface area contributed by atoms with Gasteiger partial charge in [-0.15, -0.1) is 0 Å². The Hall–Kier alpha value is -2.57. The van der Waals surface area contributed by atoms with E-state index in [1.807, 2.05) is 42.5 Å². The summed E-state index contributed by atoms with van der Waals surface area (Å²) < 4.78 is 4.95. The number of methoxy groups -OCH3 is 1. The third-order valence-electron chi connectivity index (χ3n) is 4.45. The van der Waals surface area contributed by atoms with Gasteiger partial charge in [-0.3, -0.25) is 14.5 Å². The summed E-state index contributed by atoms with van der Waals surface area (Å²) in [6.45, 7) is 2.94. The minimum atomic E-state index is -0.209. The number of carbonyl (C=O) groups is 2. The van der Waals surface area contributed by atoms with Crippen molar-refractivity contribution in [3.05, 3.63) is 64.6 Å². The minimum absolute atomic E-state index is 0.0216. The Kier molecular flexibility index (Phi) is 6.90. The Morgan fingerprint density at radius 3 is 2.64 bits per heavy atom. The van der Waals surface area contributed by atoms with Gasteiger partial charge < -0.3 is 10.1 Å². The fourth-order valence-corrected chi connectivity index (χ4v) is 3.97. The first-order valence-corrected chi connectivity index (χ1v) is 10.1. The Morgan fingerprint density at radius 2 is 1.93 bits per heavy atom. The van der Waals surface area contributed by atoms with Crippen LogP contribution in [0, 0.1) is 0 Å². The number of fused-ring (bicyclic) bond motifs is 1. The van der Waals surface area contributed by atoms with Gasteiger partial charge in [0, 0.05) is 18.6 Å². The average molecular weight is 397 g/mol. The fraction of sp³-hybridized carbons (Fsp3) is 0.273. The van der Waals surface area contributed by atoms with Crippen LogP contribution in [0.1, 0.15) is 18.1 Å². The number of aryl methyl sites for hydroxylation is 1.